The zero-order chi connectivity index (χ0) is 25.2. The molecular weight excluding hydrogens is 460 g/mol. The first-order chi connectivity index (χ1) is 16.7. The van der Waals surface area contributed by atoms with Crippen LogP contribution in [0.25, 0.3) is 21.9 Å². The van der Waals surface area contributed by atoms with E-state index in [4.69, 9.17) is 9.47 Å². The topological polar surface area (TPSA) is 35.5 Å². The highest BCUT2D eigenvalue weighted by molar-refractivity contribution is 5.98. The van der Waals surface area contributed by atoms with E-state index in [1.165, 1.54) is 18.2 Å². The van der Waals surface area contributed by atoms with Gasteiger partial charge in [-0.2, -0.15) is 13.2 Å². The average molecular weight is 482 g/mol. The lowest BCUT2D eigenvalue weighted by atomic mass is 9.91. The molecule has 4 aromatic rings. The van der Waals surface area contributed by atoms with E-state index in [0.29, 0.717) is 34.4 Å². The van der Waals surface area contributed by atoms with Crippen LogP contribution in [0.1, 0.15) is 34.8 Å². The molecule has 7 heteroatoms. The summed E-state index contributed by atoms with van der Waals surface area (Å²) in [5.41, 5.74) is 0.679. The normalized spacial score (nSPS) is 11.5. The molecular formula is C28H22F4O3. The summed E-state index contributed by atoms with van der Waals surface area (Å²) in [6.45, 7) is 2.01. The molecule has 3 nitrogen and oxygen atoms in total. The molecule has 0 saturated heterocycles. The highest BCUT2D eigenvalue weighted by atomic mass is 19.4. The van der Waals surface area contributed by atoms with Crippen molar-refractivity contribution in [2.45, 2.75) is 25.9 Å². The van der Waals surface area contributed by atoms with Gasteiger partial charge < -0.3 is 9.47 Å². The van der Waals surface area contributed by atoms with E-state index in [2.05, 4.69) is 0 Å². The molecule has 4 aromatic carbocycles. The number of rotatable bonds is 7. The largest absolute Gasteiger partial charge is 0.497 e. The number of fused-ring (bicyclic) bond motifs is 1. The highest BCUT2D eigenvalue weighted by Crippen LogP contribution is 2.44. The van der Waals surface area contributed by atoms with Crippen molar-refractivity contribution in [2.75, 3.05) is 7.11 Å². The molecule has 180 valence electrons. The Morgan fingerprint density at radius 3 is 2.26 bits per heavy atom. The van der Waals surface area contributed by atoms with Crippen LogP contribution in [0.3, 0.4) is 0 Å². The number of aldehydes is 1. The van der Waals surface area contributed by atoms with Crippen molar-refractivity contribution in [1.82, 2.24) is 0 Å². The smallest absolute Gasteiger partial charge is 0.417 e. The van der Waals surface area contributed by atoms with Crippen molar-refractivity contribution in [3.05, 3.63) is 89.2 Å². The minimum atomic E-state index is -4.73. The van der Waals surface area contributed by atoms with Gasteiger partial charge in [0.15, 0.2) is 6.29 Å². The molecule has 0 aliphatic heterocycles. The molecule has 0 N–H and O–H groups in total. The van der Waals surface area contributed by atoms with Gasteiger partial charge in [-0.1, -0.05) is 31.5 Å². The zero-order valence-electron chi connectivity index (χ0n) is 19.1. The van der Waals surface area contributed by atoms with E-state index < -0.39 is 23.1 Å². The Bertz CT molecular complexity index is 1380. The maximum atomic E-state index is 13.7. The summed E-state index contributed by atoms with van der Waals surface area (Å²) in [4.78, 5) is 11.2. The summed E-state index contributed by atoms with van der Waals surface area (Å²) in [5.74, 6) is 0.484. The van der Waals surface area contributed by atoms with Gasteiger partial charge in [-0.3, -0.25) is 4.79 Å². The third kappa shape index (κ3) is 4.99. The van der Waals surface area contributed by atoms with E-state index in [1.54, 1.807) is 31.4 Å². The first-order valence-corrected chi connectivity index (χ1v) is 11.0. The van der Waals surface area contributed by atoms with Crippen LogP contribution < -0.4 is 9.47 Å². The number of carbonyl (C=O) groups excluding carboxylic acids is 1. The van der Waals surface area contributed by atoms with Gasteiger partial charge in [-0.15, -0.1) is 0 Å². The van der Waals surface area contributed by atoms with Crippen LogP contribution in [-0.2, 0) is 12.6 Å². The molecule has 0 heterocycles. The van der Waals surface area contributed by atoms with Crippen molar-refractivity contribution in [3.8, 4) is 28.4 Å². The summed E-state index contributed by atoms with van der Waals surface area (Å²) >= 11 is 0. The number of hydrogen-bond donors (Lipinski definition) is 0. The molecule has 4 rings (SSSR count). The summed E-state index contributed by atoms with van der Waals surface area (Å²) in [7, 11) is 1.55. The molecule has 0 aliphatic carbocycles. The van der Waals surface area contributed by atoms with Crippen molar-refractivity contribution in [2.24, 2.45) is 0 Å². The van der Waals surface area contributed by atoms with Crippen LogP contribution in [0, 0.1) is 5.82 Å². The lowest BCUT2D eigenvalue weighted by Crippen LogP contribution is -2.09. The Morgan fingerprint density at radius 2 is 1.63 bits per heavy atom. The number of alkyl halides is 3. The predicted molar refractivity (Wildman–Crippen MR) is 127 cm³/mol. The van der Waals surface area contributed by atoms with Gasteiger partial charge in [0, 0.05) is 16.5 Å². The van der Waals surface area contributed by atoms with E-state index in [1.807, 2.05) is 19.1 Å². The standard InChI is InChI=1S/C28H22F4O3/c1-3-4-18-13-20-14-22(34-2)11-12-24(20)27(26(18)17-5-8-21(29)9-6-17)35-23-10-7-19(16-33)25(15-23)28(30,31)32/h5-16H,3-4H2,1-2H3. The third-order valence-electron chi connectivity index (χ3n) is 5.71. The van der Waals surface area contributed by atoms with Crippen LogP contribution in [-0.4, -0.2) is 13.4 Å². The molecule has 0 atom stereocenters. The number of aryl methyl sites for hydroxylation is 1. The van der Waals surface area contributed by atoms with E-state index in [-0.39, 0.29) is 12.0 Å². The molecule has 0 fully saturated rings. The second kappa shape index (κ2) is 9.78. The fourth-order valence-corrected chi connectivity index (χ4v) is 4.10. The van der Waals surface area contributed by atoms with Gasteiger partial charge in [0.25, 0.3) is 0 Å². The number of hydrogen-bond acceptors (Lipinski definition) is 3. The highest BCUT2D eigenvalue weighted by Gasteiger charge is 2.34. The maximum absolute atomic E-state index is 13.7. The number of methoxy groups -OCH3 is 1. The molecule has 0 amide bonds. The summed E-state index contributed by atoms with van der Waals surface area (Å²) < 4.78 is 65.9. The number of carbonyl (C=O) groups is 1. The molecule has 0 radical (unpaired) electrons. The summed E-state index contributed by atoms with van der Waals surface area (Å²) in [5, 5.41) is 1.44. The van der Waals surface area contributed by atoms with Crippen LogP contribution in [0.5, 0.6) is 17.2 Å². The second-order valence-electron chi connectivity index (χ2n) is 8.05. The number of ether oxygens (including phenoxy) is 2. The lowest BCUT2D eigenvalue weighted by Gasteiger charge is -2.20. The summed E-state index contributed by atoms with van der Waals surface area (Å²) in [6, 6.07) is 16.4. The van der Waals surface area contributed by atoms with E-state index >= 15 is 0 Å². The third-order valence-corrected chi connectivity index (χ3v) is 5.71. The van der Waals surface area contributed by atoms with Crippen molar-refractivity contribution in [3.63, 3.8) is 0 Å². The number of benzene rings is 4. The predicted octanol–water partition coefficient (Wildman–Crippen LogP) is 8.23. The van der Waals surface area contributed by atoms with Gasteiger partial charge in [-0.05, 0) is 71.5 Å². The first kappa shape index (κ1) is 24.3. The van der Waals surface area contributed by atoms with Gasteiger partial charge in [0.1, 0.15) is 23.1 Å². The molecule has 0 aromatic heterocycles. The van der Waals surface area contributed by atoms with Crippen molar-refractivity contribution >= 4 is 17.1 Å². The lowest BCUT2D eigenvalue weighted by molar-refractivity contribution is -0.137. The fraction of sp³-hybridized carbons (Fsp3) is 0.179. The maximum Gasteiger partial charge on any atom is 0.417 e. The monoisotopic (exact) mass is 482 g/mol. The molecule has 0 spiro atoms. The SMILES string of the molecule is CCCc1cc2cc(OC)ccc2c(Oc2ccc(C=O)c(C(F)(F)F)c2)c1-c1ccc(F)cc1. The van der Waals surface area contributed by atoms with Gasteiger partial charge in [0.05, 0.1) is 12.7 Å². The fourth-order valence-electron chi connectivity index (χ4n) is 4.10. The Balaban J connectivity index is 2.00. The minimum Gasteiger partial charge on any atom is -0.497 e. The minimum absolute atomic E-state index is 0.0722. The molecule has 0 aliphatic rings. The van der Waals surface area contributed by atoms with Gasteiger partial charge in [0.2, 0.25) is 0 Å². The van der Waals surface area contributed by atoms with E-state index in [0.717, 1.165) is 29.5 Å². The second-order valence-corrected chi connectivity index (χ2v) is 8.05. The quantitative estimate of drug-likeness (QED) is 0.197. The first-order valence-electron chi connectivity index (χ1n) is 11.0. The van der Waals surface area contributed by atoms with E-state index in [9.17, 15) is 22.4 Å². The molecule has 0 unspecified atom stereocenters. The van der Waals surface area contributed by atoms with Crippen LogP contribution in [0.4, 0.5) is 17.6 Å². The molecule has 35 heavy (non-hydrogen) atoms. The summed E-state index contributed by atoms with van der Waals surface area (Å²) in [6.07, 6.45) is -3.10. The number of halogens is 4. The van der Waals surface area contributed by atoms with Crippen LogP contribution in [0.2, 0.25) is 0 Å². The molecule has 0 bridgehead atoms. The van der Waals surface area contributed by atoms with Gasteiger partial charge >= 0.3 is 6.18 Å². The van der Waals surface area contributed by atoms with Crippen LogP contribution >= 0.6 is 0 Å². The Labute approximate surface area is 199 Å². The average Bonchev–Trinajstić information content (AvgIpc) is 2.84. The molecule has 0 saturated carbocycles. The van der Waals surface area contributed by atoms with Gasteiger partial charge in [-0.25, -0.2) is 4.39 Å². The Hall–Kier alpha value is -3.87. The zero-order valence-corrected chi connectivity index (χ0v) is 19.1. The van der Waals surface area contributed by atoms with Crippen molar-refractivity contribution < 1.29 is 31.8 Å². The Morgan fingerprint density at radius 1 is 0.914 bits per heavy atom. The Kier molecular flexibility index (Phi) is 6.78. The van der Waals surface area contributed by atoms with Crippen molar-refractivity contribution in [1.29, 1.82) is 0 Å². The van der Waals surface area contributed by atoms with Crippen LogP contribution in [0.15, 0.2) is 66.7 Å².